The molecule has 11 N–H and O–H groups in total. The van der Waals surface area contributed by atoms with Gasteiger partial charge in [-0.3, -0.25) is 10.3 Å². The topological polar surface area (TPSA) is 245 Å². The van der Waals surface area contributed by atoms with E-state index in [1.807, 2.05) is 48.5 Å². The van der Waals surface area contributed by atoms with E-state index < -0.39 is 80.8 Å². The first-order chi connectivity index (χ1) is 26.3. The molecular weight excluding hydrogens is 710 g/mol. The molecule has 0 bridgehead atoms. The molecule has 0 fully saturated rings. The Balaban J connectivity index is 1.24. The second kappa shape index (κ2) is 12.6. The maximum absolute atomic E-state index is 10.9. The number of phenolic OH excluding ortho intramolecular Hbond substituents is 10. The van der Waals surface area contributed by atoms with Gasteiger partial charge in [0.1, 0.15) is 17.3 Å². The lowest BCUT2D eigenvalue weighted by molar-refractivity contribution is 0.316. The molecule has 2 heterocycles. The highest BCUT2D eigenvalue weighted by Crippen LogP contribution is 2.54. The molecular formula is C41H33N3O11. The number of nitrogens with zero attached hydrogens (tertiary/aromatic N) is 2. The number of fused-ring (bicyclic) bond motifs is 6. The first-order valence-electron chi connectivity index (χ1n) is 16.9. The zero-order valence-electron chi connectivity index (χ0n) is 29.0. The van der Waals surface area contributed by atoms with Crippen LogP contribution in [0.5, 0.6) is 57.5 Å². The quantitative estimate of drug-likeness (QED) is 0.0429. The van der Waals surface area contributed by atoms with Gasteiger partial charge in [0.2, 0.25) is 34.5 Å². The molecule has 0 radical (unpaired) electrons. The van der Waals surface area contributed by atoms with Crippen LogP contribution in [-0.2, 0) is 0 Å². The van der Waals surface area contributed by atoms with Gasteiger partial charge in [-0.1, -0.05) is 42.5 Å². The Kier molecular flexibility index (Phi) is 7.93. The van der Waals surface area contributed by atoms with E-state index in [2.05, 4.69) is 39.1 Å². The Bertz CT molecular complexity index is 2800. The molecule has 14 heteroatoms. The van der Waals surface area contributed by atoms with Crippen molar-refractivity contribution in [2.24, 2.45) is 4.99 Å². The second-order valence-electron chi connectivity index (χ2n) is 13.2. The molecule has 2 aromatic heterocycles. The molecule has 0 saturated heterocycles. The lowest BCUT2D eigenvalue weighted by atomic mass is 10.0. The number of rotatable bonds is 7. The first-order valence-corrected chi connectivity index (χ1v) is 16.9. The number of phenols is 10. The lowest BCUT2D eigenvalue weighted by Gasteiger charge is -2.24. The second-order valence-corrected chi connectivity index (χ2v) is 13.2. The first kappa shape index (κ1) is 34.6. The zero-order valence-corrected chi connectivity index (χ0v) is 29.0. The van der Waals surface area contributed by atoms with Crippen molar-refractivity contribution in [3.63, 3.8) is 0 Å². The third-order valence-electron chi connectivity index (χ3n) is 9.96. The minimum absolute atomic E-state index is 0.315. The molecule has 2 unspecified atom stereocenters. The highest BCUT2D eigenvalue weighted by molar-refractivity contribution is 6.10. The van der Waals surface area contributed by atoms with Gasteiger partial charge in [0.15, 0.2) is 23.0 Å². The Morgan fingerprint density at radius 1 is 0.564 bits per heavy atom. The van der Waals surface area contributed by atoms with Crippen LogP contribution in [0.3, 0.4) is 0 Å². The summed E-state index contributed by atoms with van der Waals surface area (Å²) >= 11 is 0. The van der Waals surface area contributed by atoms with Crippen LogP contribution in [-0.4, -0.2) is 61.3 Å². The third kappa shape index (κ3) is 5.26. The standard InChI is InChI=1S/C41H33N3O11/c1-17(42-41(30-33(47)37(51)40(54)38(52)34(30)48)43-18(2)29-31(45)35(49)39(53)36(50)32(29)46)19-11-13-27-23(15-19)24-16-20(12-14-28(24)55-27)44-25-9-5-3-7-21(25)22-8-4-6-10-26(22)44/h3-17,41-42,45-54H,1-2H3. The number of aliphatic imine (C=N–C) groups is 1. The molecule has 0 aliphatic carbocycles. The van der Waals surface area contributed by atoms with Gasteiger partial charge >= 0.3 is 0 Å². The van der Waals surface area contributed by atoms with E-state index in [0.717, 1.165) is 38.3 Å². The van der Waals surface area contributed by atoms with Crippen molar-refractivity contribution < 1.29 is 55.5 Å². The average Bonchev–Trinajstić information content (AvgIpc) is 3.72. The number of nitrogens with one attached hydrogen (secondary N) is 1. The molecule has 55 heavy (non-hydrogen) atoms. The molecule has 8 rings (SSSR count). The molecule has 0 spiro atoms. The lowest BCUT2D eigenvalue weighted by Crippen LogP contribution is -2.24. The summed E-state index contributed by atoms with van der Waals surface area (Å²) in [6.07, 6.45) is -1.62. The molecule has 0 aliphatic rings. The number of para-hydroxylation sites is 2. The number of benzene rings is 6. The van der Waals surface area contributed by atoms with Crippen LogP contribution in [0.25, 0.3) is 49.4 Å². The molecule has 0 amide bonds. The summed E-state index contributed by atoms with van der Waals surface area (Å²) in [4.78, 5) is 4.38. The third-order valence-corrected chi connectivity index (χ3v) is 9.96. The monoisotopic (exact) mass is 743 g/mol. The fourth-order valence-electron chi connectivity index (χ4n) is 7.16. The number of aromatic hydroxyl groups is 10. The maximum atomic E-state index is 10.9. The van der Waals surface area contributed by atoms with Gasteiger partial charge in [0, 0.05) is 39.0 Å². The molecule has 2 atom stereocenters. The summed E-state index contributed by atoms with van der Waals surface area (Å²) in [5.74, 6) is -11.3. The Morgan fingerprint density at radius 2 is 1.04 bits per heavy atom. The summed E-state index contributed by atoms with van der Waals surface area (Å²) in [5, 5.41) is 111. The Hall–Kier alpha value is -7.45. The molecule has 8 aromatic rings. The normalized spacial score (nSPS) is 13.3. The van der Waals surface area contributed by atoms with Crippen LogP contribution in [0.15, 0.2) is 94.3 Å². The Morgan fingerprint density at radius 3 is 1.60 bits per heavy atom. The van der Waals surface area contributed by atoms with Crippen LogP contribution in [0, 0.1) is 0 Å². The van der Waals surface area contributed by atoms with E-state index in [9.17, 15) is 51.1 Å². The van der Waals surface area contributed by atoms with E-state index in [4.69, 9.17) is 4.42 Å². The van der Waals surface area contributed by atoms with Crippen LogP contribution in [0.2, 0.25) is 0 Å². The van der Waals surface area contributed by atoms with Gasteiger partial charge in [-0.15, -0.1) is 0 Å². The van der Waals surface area contributed by atoms with Crippen molar-refractivity contribution in [3.05, 3.63) is 102 Å². The highest BCUT2D eigenvalue weighted by Gasteiger charge is 2.31. The summed E-state index contributed by atoms with van der Waals surface area (Å²) in [6.45, 7) is 2.95. The van der Waals surface area contributed by atoms with E-state index >= 15 is 0 Å². The van der Waals surface area contributed by atoms with E-state index in [0.29, 0.717) is 16.7 Å². The zero-order chi connectivity index (χ0) is 39.0. The van der Waals surface area contributed by atoms with Crippen molar-refractivity contribution in [3.8, 4) is 63.2 Å². The molecule has 0 saturated carbocycles. The van der Waals surface area contributed by atoms with Crippen LogP contribution in [0.4, 0.5) is 0 Å². The summed E-state index contributed by atoms with van der Waals surface area (Å²) < 4.78 is 8.39. The predicted octanol–water partition coefficient (Wildman–Crippen LogP) is 7.60. The van der Waals surface area contributed by atoms with Crippen molar-refractivity contribution in [1.82, 2.24) is 9.88 Å². The summed E-state index contributed by atoms with van der Waals surface area (Å²) in [6, 6.07) is 27.0. The fraction of sp³-hybridized carbons (Fsp3) is 0.0976. The molecule has 0 aliphatic heterocycles. The highest BCUT2D eigenvalue weighted by atomic mass is 16.4. The minimum Gasteiger partial charge on any atom is -0.504 e. The van der Waals surface area contributed by atoms with Gasteiger partial charge in [0.05, 0.1) is 22.2 Å². The predicted molar refractivity (Wildman–Crippen MR) is 204 cm³/mol. The number of hydrogen-bond acceptors (Lipinski definition) is 13. The fourth-order valence-corrected chi connectivity index (χ4v) is 7.16. The van der Waals surface area contributed by atoms with Gasteiger partial charge < -0.3 is 60.0 Å². The summed E-state index contributed by atoms with van der Waals surface area (Å²) in [7, 11) is 0. The van der Waals surface area contributed by atoms with Crippen molar-refractivity contribution in [1.29, 1.82) is 0 Å². The summed E-state index contributed by atoms with van der Waals surface area (Å²) in [5.41, 5.74) is 3.31. The smallest absolute Gasteiger partial charge is 0.208 e. The Labute approximate surface area is 310 Å². The van der Waals surface area contributed by atoms with Crippen molar-refractivity contribution in [2.45, 2.75) is 26.1 Å². The number of aromatic nitrogens is 1. The minimum atomic E-state index is -1.62. The van der Waals surface area contributed by atoms with Gasteiger partial charge in [-0.25, -0.2) is 0 Å². The number of furan rings is 1. The SMILES string of the molecule is CC(=NC(NC(C)c1ccc2oc3ccc(-n4c5ccccc5c5ccccc54)cc3c2c1)c1c(O)c(O)c(O)c(O)c1O)c1c(O)c(O)c(O)c(O)c1O. The van der Waals surface area contributed by atoms with Gasteiger partial charge in [0.25, 0.3) is 0 Å². The largest absolute Gasteiger partial charge is 0.504 e. The van der Waals surface area contributed by atoms with E-state index in [1.165, 1.54) is 6.92 Å². The maximum Gasteiger partial charge on any atom is 0.208 e. The molecule has 6 aromatic carbocycles. The average molecular weight is 744 g/mol. The molecule has 278 valence electrons. The molecule has 14 nitrogen and oxygen atoms in total. The van der Waals surface area contributed by atoms with Crippen molar-refractivity contribution >= 4 is 49.5 Å². The van der Waals surface area contributed by atoms with E-state index in [1.54, 1.807) is 19.1 Å². The van der Waals surface area contributed by atoms with E-state index in [-0.39, 0.29) is 5.71 Å². The van der Waals surface area contributed by atoms with Crippen LogP contribution >= 0.6 is 0 Å². The van der Waals surface area contributed by atoms with Gasteiger partial charge in [-0.05, 0) is 61.9 Å². The van der Waals surface area contributed by atoms with Crippen LogP contribution < -0.4 is 5.32 Å². The number of hydrogen-bond donors (Lipinski definition) is 11. The van der Waals surface area contributed by atoms with Crippen molar-refractivity contribution in [2.75, 3.05) is 0 Å². The van der Waals surface area contributed by atoms with Gasteiger partial charge in [-0.2, -0.15) is 0 Å². The van der Waals surface area contributed by atoms with Crippen LogP contribution in [0.1, 0.15) is 42.7 Å².